The monoisotopic (exact) mass is 256 g/mol. The van der Waals surface area contributed by atoms with E-state index in [0.29, 0.717) is 18.1 Å². The van der Waals surface area contributed by atoms with Gasteiger partial charge in [-0.3, -0.25) is 4.79 Å². The Bertz CT molecular complexity index is 582. The molecule has 0 bridgehead atoms. The Morgan fingerprint density at radius 2 is 2.05 bits per heavy atom. The Morgan fingerprint density at radius 3 is 2.74 bits per heavy atom. The zero-order valence-electron chi connectivity index (χ0n) is 10.9. The van der Waals surface area contributed by atoms with Crippen LogP contribution in [-0.4, -0.2) is 15.9 Å². The molecule has 2 aromatic rings. The van der Waals surface area contributed by atoms with E-state index in [1.807, 2.05) is 0 Å². The molecule has 1 saturated carbocycles. The second-order valence-electron chi connectivity index (χ2n) is 5.18. The van der Waals surface area contributed by atoms with Gasteiger partial charge in [-0.05, 0) is 25.3 Å². The minimum Gasteiger partial charge on any atom is -0.339 e. The zero-order valence-corrected chi connectivity index (χ0v) is 10.9. The van der Waals surface area contributed by atoms with E-state index in [-0.39, 0.29) is 18.1 Å². The van der Waals surface area contributed by atoms with E-state index >= 15 is 0 Å². The van der Waals surface area contributed by atoms with Crippen LogP contribution < -0.4 is 0 Å². The van der Waals surface area contributed by atoms with E-state index in [0.717, 1.165) is 18.4 Å². The third-order valence-electron chi connectivity index (χ3n) is 3.35. The summed E-state index contributed by atoms with van der Waals surface area (Å²) in [6, 6.07) is 8.24. The Morgan fingerprint density at radius 1 is 1.32 bits per heavy atom. The van der Waals surface area contributed by atoms with Crippen LogP contribution in [-0.2, 0) is 17.6 Å². The van der Waals surface area contributed by atoms with Gasteiger partial charge in [0.05, 0.1) is 6.42 Å². The van der Waals surface area contributed by atoms with Gasteiger partial charge in [0.25, 0.3) is 0 Å². The number of hydrogen-bond acceptors (Lipinski definition) is 4. The highest BCUT2D eigenvalue weighted by molar-refractivity contribution is 5.84. The van der Waals surface area contributed by atoms with Crippen LogP contribution >= 0.6 is 0 Å². The summed E-state index contributed by atoms with van der Waals surface area (Å²) in [7, 11) is 0. The van der Waals surface area contributed by atoms with E-state index in [4.69, 9.17) is 4.52 Å². The van der Waals surface area contributed by atoms with Crippen LogP contribution in [0.4, 0.5) is 0 Å². The first kappa shape index (κ1) is 12.1. The molecule has 0 amide bonds. The van der Waals surface area contributed by atoms with Crippen molar-refractivity contribution >= 4 is 5.78 Å². The molecule has 1 heterocycles. The predicted octanol–water partition coefficient (Wildman–Crippen LogP) is 2.49. The van der Waals surface area contributed by atoms with Crippen LogP contribution in [0.5, 0.6) is 0 Å². The first-order valence-corrected chi connectivity index (χ1v) is 6.60. The van der Waals surface area contributed by atoms with Crippen LogP contribution in [0.1, 0.15) is 35.7 Å². The Kier molecular flexibility index (Phi) is 3.15. The number of aromatic nitrogens is 2. The summed E-state index contributed by atoms with van der Waals surface area (Å²) in [6.07, 6.45) is 2.96. The van der Waals surface area contributed by atoms with Gasteiger partial charge in [-0.1, -0.05) is 35.0 Å². The summed E-state index contributed by atoms with van der Waals surface area (Å²) in [5, 5.41) is 3.93. The fourth-order valence-corrected chi connectivity index (χ4v) is 2.02. The lowest BCUT2D eigenvalue weighted by molar-refractivity contribution is -0.119. The zero-order chi connectivity index (χ0) is 13.2. The van der Waals surface area contributed by atoms with Crippen molar-refractivity contribution in [2.24, 2.45) is 5.92 Å². The molecule has 1 aromatic heterocycles. The molecule has 1 aromatic carbocycles. The first-order valence-electron chi connectivity index (χ1n) is 6.60. The van der Waals surface area contributed by atoms with E-state index in [1.165, 1.54) is 5.56 Å². The second-order valence-corrected chi connectivity index (χ2v) is 5.18. The number of aryl methyl sites for hydroxylation is 1. The number of hydrogen-bond donors (Lipinski definition) is 0. The smallest absolute Gasteiger partial charge is 0.234 e. The van der Waals surface area contributed by atoms with E-state index in [1.54, 1.807) is 0 Å². The molecule has 0 unspecified atom stereocenters. The standard InChI is InChI=1S/C15H16N2O2/c1-10-2-4-11(5-3-10)8-14-16-15(19-17-14)9-13(18)12-6-7-12/h2-5,12H,6-9H2,1H3. The molecule has 4 nitrogen and oxygen atoms in total. The van der Waals surface area contributed by atoms with E-state index < -0.39 is 0 Å². The summed E-state index contributed by atoms with van der Waals surface area (Å²) in [4.78, 5) is 15.9. The Balaban J connectivity index is 1.64. The molecule has 1 aliphatic carbocycles. The molecule has 0 spiro atoms. The molecular weight excluding hydrogens is 240 g/mol. The SMILES string of the molecule is Cc1ccc(Cc2noc(CC(=O)C3CC3)n2)cc1. The Labute approximate surface area is 111 Å². The van der Waals surface area contributed by atoms with Crippen LogP contribution in [0, 0.1) is 12.8 Å². The molecule has 0 atom stereocenters. The maximum Gasteiger partial charge on any atom is 0.234 e. The van der Waals surface area contributed by atoms with Gasteiger partial charge in [0, 0.05) is 12.3 Å². The van der Waals surface area contributed by atoms with Crippen LogP contribution in [0.15, 0.2) is 28.8 Å². The van der Waals surface area contributed by atoms with Crippen LogP contribution in [0.25, 0.3) is 0 Å². The topological polar surface area (TPSA) is 56.0 Å². The molecule has 0 aliphatic heterocycles. The summed E-state index contributed by atoms with van der Waals surface area (Å²) in [5.74, 6) is 1.56. The summed E-state index contributed by atoms with van der Waals surface area (Å²) >= 11 is 0. The normalized spacial score (nSPS) is 14.6. The van der Waals surface area contributed by atoms with Gasteiger partial charge >= 0.3 is 0 Å². The van der Waals surface area contributed by atoms with Gasteiger partial charge in [0.2, 0.25) is 5.89 Å². The number of Topliss-reactive ketones (excluding diaryl/α,β-unsaturated/α-hetero) is 1. The van der Waals surface area contributed by atoms with Crippen molar-refractivity contribution in [1.29, 1.82) is 0 Å². The van der Waals surface area contributed by atoms with Crippen molar-refractivity contribution in [2.45, 2.75) is 32.6 Å². The van der Waals surface area contributed by atoms with Crippen molar-refractivity contribution in [1.82, 2.24) is 10.1 Å². The lowest BCUT2D eigenvalue weighted by Gasteiger charge is -1.97. The number of rotatable bonds is 5. The summed E-state index contributed by atoms with van der Waals surface area (Å²) in [6.45, 7) is 2.06. The van der Waals surface area contributed by atoms with Crippen molar-refractivity contribution < 1.29 is 9.32 Å². The lowest BCUT2D eigenvalue weighted by Crippen LogP contribution is -2.05. The highest BCUT2D eigenvalue weighted by atomic mass is 16.5. The summed E-state index contributed by atoms with van der Waals surface area (Å²) in [5.41, 5.74) is 2.37. The summed E-state index contributed by atoms with van der Waals surface area (Å²) < 4.78 is 5.13. The van der Waals surface area contributed by atoms with Crippen molar-refractivity contribution in [3.05, 3.63) is 47.1 Å². The molecule has 4 heteroatoms. The van der Waals surface area contributed by atoms with E-state index in [2.05, 4.69) is 41.3 Å². The van der Waals surface area contributed by atoms with E-state index in [9.17, 15) is 4.79 Å². The molecule has 1 aliphatic rings. The number of nitrogens with zero attached hydrogens (tertiary/aromatic N) is 2. The van der Waals surface area contributed by atoms with Gasteiger partial charge in [-0.2, -0.15) is 4.98 Å². The van der Waals surface area contributed by atoms with Crippen molar-refractivity contribution in [3.63, 3.8) is 0 Å². The highest BCUT2D eigenvalue weighted by Crippen LogP contribution is 2.30. The van der Waals surface area contributed by atoms with Gasteiger partial charge in [0.1, 0.15) is 5.78 Å². The fourth-order valence-electron chi connectivity index (χ4n) is 2.02. The van der Waals surface area contributed by atoms with Gasteiger partial charge in [0.15, 0.2) is 5.82 Å². The minimum absolute atomic E-state index is 0.227. The second kappa shape index (κ2) is 4.96. The largest absolute Gasteiger partial charge is 0.339 e. The van der Waals surface area contributed by atoms with Crippen molar-refractivity contribution in [2.75, 3.05) is 0 Å². The molecule has 0 saturated heterocycles. The molecule has 98 valence electrons. The third-order valence-corrected chi connectivity index (χ3v) is 3.35. The van der Waals surface area contributed by atoms with Gasteiger partial charge < -0.3 is 4.52 Å². The van der Waals surface area contributed by atoms with Crippen molar-refractivity contribution in [3.8, 4) is 0 Å². The predicted molar refractivity (Wildman–Crippen MR) is 69.7 cm³/mol. The maximum atomic E-state index is 11.7. The average Bonchev–Trinajstić information content (AvgIpc) is 3.16. The molecular formula is C15H16N2O2. The number of ketones is 1. The molecule has 1 fully saturated rings. The number of carbonyl (C=O) groups is 1. The fraction of sp³-hybridized carbons (Fsp3) is 0.400. The lowest BCUT2D eigenvalue weighted by atomic mass is 10.1. The average molecular weight is 256 g/mol. The molecule has 0 N–H and O–H groups in total. The quantitative estimate of drug-likeness (QED) is 0.824. The van der Waals surface area contributed by atoms with Crippen LogP contribution in [0.3, 0.4) is 0 Å². The number of carbonyl (C=O) groups excluding carboxylic acids is 1. The molecule has 3 rings (SSSR count). The van der Waals surface area contributed by atoms with Gasteiger partial charge in [-0.25, -0.2) is 0 Å². The number of benzene rings is 1. The molecule has 0 radical (unpaired) electrons. The minimum atomic E-state index is 0.227. The molecule has 19 heavy (non-hydrogen) atoms. The maximum absolute atomic E-state index is 11.7. The van der Waals surface area contributed by atoms with Gasteiger partial charge in [-0.15, -0.1) is 0 Å². The third kappa shape index (κ3) is 3.08. The highest BCUT2D eigenvalue weighted by Gasteiger charge is 2.30. The first-order chi connectivity index (χ1) is 9.20. The van der Waals surface area contributed by atoms with Crippen LogP contribution in [0.2, 0.25) is 0 Å². The Hall–Kier alpha value is -1.97.